The number of hydrogen-bond donors (Lipinski definition) is 2. The highest BCUT2D eigenvalue weighted by Gasteiger charge is 2.10. The van der Waals surface area contributed by atoms with Crippen molar-refractivity contribution in [1.29, 1.82) is 0 Å². The van der Waals surface area contributed by atoms with E-state index in [-0.39, 0.29) is 5.96 Å². The van der Waals surface area contributed by atoms with Crippen LogP contribution in [0.25, 0.3) is 0 Å². The maximum atomic E-state index is 5.92. The van der Waals surface area contributed by atoms with Crippen LogP contribution in [-0.2, 0) is 6.61 Å². The Morgan fingerprint density at radius 3 is 2.58 bits per heavy atom. The molecule has 0 heterocycles. The summed E-state index contributed by atoms with van der Waals surface area (Å²) in [6.07, 6.45) is 1.50. The summed E-state index contributed by atoms with van der Waals surface area (Å²) in [6, 6.07) is 13.1. The minimum absolute atomic E-state index is 0.118. The van der Waals surface area contributed by atoms with E-state index >= 15 is 0 Å². The Morgan fingerprint density at radius 2 is 1.88 bits per heavy atom. The summed E-state index contributed by atoms with van der Waals surface area (Å²) in [4.78, 5) is 0. The van der Waals surface area contributed by atoms with Crippen LogP contribution in [-0.4, -0.2) is 26.4 Å². The van der Waals surface area contributed by atoms with Gasteiger partial charge in [0.15, 0.2) is 11.5 Å². The van der Waals surface area contributed by atoms with Crippen LogP contribution in [0.4, 0.5) is 0 Å². The van der Waals surface area contributed by atoms with E-state index in [1.807, 2.05) is 36.4 Å². The molecule has 0 radical (unpaired) electrons. The number of methoxy groups -OCH3 is 2. The molecule has 4 N–H and O–H groups in total. The van der Waals surface area contributed by atoms with Crippen molar-refractivity contribution >= 4 is 12.2 Å². The summed E-state index contributed by atoms with van der Waals surface area (Å²) in [7, 11) is 3.20. The predicted octanol–water partition coefficient (Wildman–Crippen LogP) is 1.89. The first-order valence-electron chi connectivity index (χ1n) is 7.18. The van der Waals surface area contributed by atoms with Gasteiger partial charge in [-0.05, 0) is 29.8 Å². The van der Waals surface area contributed by atoms with Gasteiger partial charge in [-0.15, -0.1) is 5.10 Å². The van der Waals surface area contributed by atoms with E-state index in [1.54, 1.807) is 20.3 Å². The smallest absolute Gasteiger partial charge is 0.211 e. The number of benzene rings is 2. The zero-order valence-electron chi connectivity index (χ0n) is 13.6. The van der Waals surface area contributed by atoms with Gasteiger partial charge >= 0.3 is 0 Å². The topological polar surface area (TPSA) is 104 Å². The average molecular weight is 328 g/mol. The Labute approximate surface area is 140 Å². The number of para-hydroxylation sites is 1. The van der Waals surface area contributed by atoms with Crippen molar-refractivity contribution < 1.29 is 14.2 Å². The van der Waals surface area contributed by atoms with Crippen LogP contribution in [0.3, 0.4) is 0 Å². The van der Waals surface area contributed by atoms with Crippen LogP contribution < -0.4 is 25.7 Å². The monoisotopic (exact) mass is 328 g/mol. The van der Waals surface area contributed by atoms with Crippen molar-refractivity contribution in [3.05, 3.63) is 53.6 Å². The third-order valence-corrected chi connectivity index (χ3v) is 3.12. The first-order chi connectivity index (χ1) is 11.6. The maximum Gasteiger partial charge on any atom is 0.211 e. The molecular formula is C17H20N4O3. The fourth-order valence-corrected chi connectivity index (χ4v) is 2.03. The van der Waals surface area contributed by atoms with Crippen LogP contribution in [0.1, 0.15) is 11.1 Å². The second-order valence-corrected chi connectivity index (χ2v) is 4.79. The van der Waals surface area contributed by atoms with Crippen molar-refractivity contribution in [3.8, 4) is 17.2 Å². The summed E-state index contributed by atoms with van der Waals surface area (Å²) in [5.41, 5.74) is 12.2. The molecule has 0 spiro atoms. The number of nitrogens with two attached hydrogens (primary N) is 2. The molecule has 2 aromatic rings. The summed E-state index contributed by atoms with van der Waals surface area (Å²) < 4.78 is 16.5. The SMILES string of the molecule is COc1cccc(COc2c(C=NN=C(N)N)cccc2OC)c1. The van der Waals surface area contributed by atoms with Gasteiger partial charge in [0.05, 0.1) is 20.4 Å². The molecule has 0 bridgehead atoms. The molecule has 0 saturated heterocycles. The van der Waals surface area contributed by atoms with E-state index in [0.717, 1.165) is 11.3 Å². The van der Waals surface area contributed by atoms with Crippen LogP contribution in [0.2, 0.25) is 0 Å². The Bertz CT molecular complexity index is 740. The molecule has 0 aliphatic rings. The lowest BCUT2D eigenvalue weighted by molar-refractivity contribution is 0.283. The van der Waals surface area contributed by atoms with Crippen LogP contribution in [0.15, 0.2) is 52.7 Å². The fraction of sp³-hybridized carbons (Fsp3) is 0.176. The molecule has 0 unspecified atom stereocenters. The van der Waals surface area contributed by atoms with Gasteiger partial charge in [-0.2, -0.15) is 5.10 Å². The molecule has 0 amide bonds. The lowest BCUT2D eigenvalue weighted by Crippen LogP contribution is -2.21. The predicted molar refractivity (Wildman–Crippen MR) is 93.7 cm³/mol. The fourth-order valence-electron chi connectivity index (χ4n) is 2.03. The van der Waals surface area contributed by atoms with Gasteiger partial charge in [-0.25, -0.2) is 0 Å². The van der Waals surface area contributed by atoms with E-state index in [1.165, 1.54) is 6.21 Å². The summed E-state index contributed by atoms with van der Waals surface area (Å²) >= 11 is 0. The first kappa shape index (κ1) is 17.1. The minimum atomic E-state index is -0.118. The van der Waals surface area contributed by atoms with Gasteiger partial charge in [0, 0.05) is 5.56 Å². The normalized spacial score (nSPS) is 10.4. The molecule has 2 rings (SSSR count). The quantitative estimate of drug-likeness (QED) is 0.459. The highest BCUT2D eigenvalue weighted by atomic mass is 16.5. The standard InChI is InChI=1S/C17H20N4O3/c1-22-14-7-3-5-12(9-14)11-24-16-13(10-20-21-17(18)19)6-4-8-15(16)23-2/h3-10H,11H2,1-2H3,(H4,18,19,21). The molecule has 0 fully saturated rings. The Kier molecular flexibility index (Phi) is 6.01. The lowest BCUT2D eigenvalue weighted by atomic mass is 10.2. The summed E-state index contributed by atoms with van der Waals surface area (Å²) in [5.74, 6) is 1.79. The highest BCUT2D eigenvalue weighted by Crippen LogP contribution is 2.31. The van der Waals surface area contributed by atoms with E-state index < -0.39 is 0 Å². The maximum absolute atomic E-state index is 5.92. The molecule has 7 nitrogen and oxygen atoms in total. The van der Waals surface area contributed by atoms with Crippen LogP contribution in [0.5, 0.6) is 17.2 Å². The van der Waals surface area contributed by atoms with Crippen molar-refractivity contribution in [1.82, 2.24) is 0 Å². The minimum Gasteiger partial charge on any atom is -0.497 e. The van der Waals surface area contributed by atoms with Crippen LogP contribution >= 0.6 is 0 Å². The zero-order chi connectivity index (χ0) is 17.4. The Balaban J connectivity index is 2.23. The Morgan fingerprint density at radius 1 is 1.08 bits per heavy atom. The van der Waals surface area contributed by atoms with Crippen LogP contribution in [0, 0.1) is 0 Å². The van der Waals surface area contributed by atoms with Gasteiger partial charge in [-0.3, -0.25) is 0 Å². The molecule has 0 aliphatic heterocycles. The zero-order valence-corrected chi connectivity index (χ0v) is 13.6. The molecule has 7 heteroatoms. The van der Waals surface area contributed by atoms with Gasteiger partial charge in [0.2, 0.25) is 5.96 Å². The molecule has 126 valence electrons. The molecule has 0 atom stereocenters. The van der Waals surface area contributed by atoms with Crippen molar-refractivity contribution in [3.63, 3.8) is 0 Å². The van der Waals surface area contributed by atoms with E-state index in [9.17, 15) is 0 Å². The van der Waals surface area contributed by atoms with Gasteiger partial charge < -0.3 is 25.7 Å². The molecule has 24 heavy (non-hydrogen) atoms. The first-order valence-corrected chi connectivity index (χ1v) is 7.18. The number of hydrogen-bond acceptors (Lipinski definition) is 5. The number of nitrogens with zero attached hydrogens (tertiary/aromatic N) is 2. The van der Waals surface area contributed by atoms with Gasteiger partial charge in [0.1, 0.15) is 12.4 Å². The number of ether oxygens (including phenoxy) is 3. The molecule has 0 aromatic heterocycles. The third kappa shape index (κ3) is 4.64. The van der Waals surface area contributed by atoms with Crippen molar-refractivity contribution in [2.75, 3.05) is 14.2 Å². The summed E-state index contributed by atoms with van der Waals surface area (Å²) in [5, 5.41) is 7.40. The molecule has 0 saturated carbocycles. The highest BCUT2D eigenvalue weighted by molar-refractivity contribution is 5.86. The van der Waals surface area contributed by atoms with Crippen molar-refractivity contribution in [2.45, 2.75) is 6.61 Å². The van der Waals surface area contributed by atoms with Crippen molar-refractivity contribution in [2.24, 2.45) is 21.7 Å². The average Bonchev–Trinajstić information content (AvgIpc) is 2.60. The second kappa shape index (κ2) is 8.42. The van der Waals surface area contributed by atoms with E-state index in [0.29, 0.717) is 23.7 Å². The third-order valence-electron chi connectivity index (χ3n) is 3.12. The largest absolute Gasteiger partial charge is 0.497 e. The summed E-state index contributed by atoms with van der Waals surface area (Å²) in [6.45, 7) is 0.348. The van der Waals surface area contributed by atoms with Gasteiger partial charge in [0.25, 0.3) is 0 Å². The number of rotatable bonds is 7. The molecule has 0 aliphatic carbocycles. The lowest BCUT2D eigenvalue weighted by Gasteiger charge is -2.13. The number of guanidine groups is 1. The van der Waals surface area contributed by atoms with Gasteiger partial charge in [-0.1, -0.05) is 18.2 Å². The molecular weight excluding hydrogens is 308 g/mol. The molecule has 2 aromatic carbocycles. The Hall–Kier alpha value is -3.22. The second-order valence-electron chi connectivity index (χ2n) is 4.79. The van der Waals surface area contributed by atoms with E-state index in [2.05, 4.69) is 10.2 Å². The van der Waals surface area contributed by atoms with E-state index in [4.69, 9.17) is 25.7 Å².